The third-order valence-electron chi connectivity index (χ3n) is 2.96. The van der Waals surface area contributed by atoms with Crippen LogP contribution in [0.2, 0.25) is 5.02 Å². The van der Waals surface area contributed by atoms with Crippen molar-refractivity contribution in [1.82, 2.24) is 4.72 Å². The Balaban J connectivity index is 2.71. The Kier molecular flexibility index (Phi) is 6.75. The first-order chi connectivity index (χ1) is 8.81. The average molecular weight is 391 g/mol. The fourth-order valence-corrected chi connectivity index (χ4v) is 5.22. The van der Waals surface area contributed by atoms with Crippen LogP contribution >= 0.6 is 38.9 Å². The summed E-state index contributed by atoms with van der Waals surface area (Å²) < 4.78 is 27.2. The topological polar surface area (TPSA) is 66.4 Å². The maximum absolute atomic E-state index is 12.0. The van der Waals surface area contributed by atoms with E-state index in [1.807, 2.05) is 13.8 Å². The minimum Gasteiger partial charge on any atom is -0.391 e. The van der Waals surface area contributed by atoms with Gasteiger partial charge in [0.25, 0.3) is 0 Å². The van der Waals surface area contributed by atoms with Crippen LogP contribution in [0.25, 0.3) is 0 Å². The molecule has 1 unspecified atom stereocenters. The molecule has 8 heteroatoms. The van der Waals surface area contributed by atoms with Crippen LogP contribution in [-0.2, 0) is 10.0 Å². The number of hydrogen-bond donors (Lipinski definition) is 2. The third kappa shape index (κ3) is 4.68. The van der Waals surface area contributed by atoms with E-state index in [1.165, 1.54) is 6.07 Å². The third-order valence-corrected chi connectivity index (χ3v) is 7.33. The molecule has 4 nitrogen and oxygen atoms in total. The number of nitrogens with one attached hydrogen (secondary N) is 1. The molecule has 0 amide bonds. The highest BCUT2D eigenvalue weighted by Crippen LogP contribution is 2.34. The van der Waals surface area contributed by atoms with Gasteiger partial charge in [0.1, 0.15) is 4.21 Å². The summed E-state index contributed by atoms with van der Waals surface area (Å²) in [6.07, 6.45) is 0.953. The molecule has 0 aliphatic rings. The molecule has 1 heterocycles. The first kappa shape index (κ1) is 17.4. The molecule has 19 heavy (non-hydrogen) atoms. The molecule has 0 aromatic carbocycles. The maximum Gasteiger partial charge on any atom is 0.250 e. The first-order valence-electron chi connectivity index (χ1n) is 5.94. The van der Waals surface area contributed by atoms with Crippen molar-refractivity contribution >= 4 is 48.9 Å². The van der Waals surface area contributed by atoms with Crippen LogP contribution in [0, 0.1) is 5.92 Å². The van der Waals surface area contributed by atoms with E-state index < -0.39 is 16.1 Å². The molecule has 0 spiro atoms. The predicted octanol–water partition coefficient (Wildman–Crippen LogP) is 3.24. The Hall–Kier alpha value is 0.340. The van der Waals surface area contributed by atoms with Crippen molar-refractivity contribution in [2.24, 2.45) is 5.92 Å². The minimum absolute atomic E-state index is 0.0157. The van der Waals surface area contributed by atoms with Crippen LogP contribution in [-0.4, -0.2) is 26.2 Å². The molecule has 0 aliphatic carbocycles. The number of rotatable bonds is 7. The Morgan fingerprint density at radius 3 is 2.47 bits per heavy atom. The lowest BCUT2D eigenvalue weighted by atomic mass is 9.97. The lowest BCUT2D eigenvalue weighted by Gasteiger charge is -2.20. The lowest BCUT2D eigenvalue weighted by molar-refractivity contribution is 0.107. The minimum atomic E-state index is -3.61. The molecule has 1 aromatic rings. The summed E-state index contributed by atoms with van der Waals surface area (Å²) in [5.74, 6) is 0.0985. The van der Waals surface area contributed by atoms with Gasteiger partial charge >= 0.3 is 0 Å². The SMILES string of the molecule is CCC(CC)C(O)CNS(=O)(=O)c1cc(Cl)c(Br)s1. The van der Waals surface area contributed by atoms with Gasteiger partial charge in [0.05, 0.1) is 14.9 Å². The van der Waals surface area contributed by atoms with E-state index in [0.717, 1.165) is 24.2 Å². The second-order valence-corrected chi connectivity index (χ2v) is 8.95. The fraction of sp³-hybridized carbons (Fsp3) is 0.636. The lowest BCUT2D eigenvalue weighted by Crippen LogP contribution is -2.35. The number of sulfonamides is 1. The number of thiophene rings is 1. The summed E-state index contributed by atoms with van der Waals surface area (Å²) >= 11 is 10.0. The Morgan fingerprint density at radius 2 is 2.05 bits per heavy atom. The standard InChI is InChI=1S/C11H17BrClNO3S2/c1-3-7(4-2)9(15)6-14-19(16,17)10-5-8(13)11(12)18-10/h5,7,9,14-15H,3-4,6H2,1-2H3. The number of halogens is 2. The van der Waals surface area contributed by atoms with Gasteiger partial charge < -0.3 is 5.11 Å². The van der Waals surface area contributed by atoms with Gasteiger partial charge in [0, 0.05) is 6.54 Å². The van der Waals surface area contributed by atoms with Gasteiger partial charge in [-0.05, 0) is 27.9 Å². The van der Waals surface area contributed by atoms with Crippen LogP contribution in [0.5, 0.6) is 0 Å². The largest absolute Gasteiger partial charge is 0.391 e. The molecule has 1 aromatic heterocycles. The van der Waals surface area contributed by atoms with Crippen molar-refractivity contribution < 1.29 is 13.5 Å². The summed E-state index contributed by atoms with van der Waals surface area (Å²) in [6, 6.07) is 1.39. The van der Waals surface area contributed by atoms with Gasteiger partial charge in [-0.1, -0.05) is 38.3 Å². The number of aliphatic hydroxyl groups is 1. The van der Waals surface area contributed by atoms with E-state index in [1.54, 1.807) is 0 Å². The van der Waals surface area contributed by atoms with Gasteiger partial charge in [0.2, 0.25) is 10.0 Å². The van der Waals surface area contributed by atoms with Crippen molar-refractivity contribution in [3.63, 3.8) is 0 Å². The van der Waals surface area contributed by atoms with E-state index in [0.29, 0.717) is 8.81 Å². The summed E-state index contributed by atoms with van der Waals surface area (Å²) in [7, 11) is -3.61. The summed E-state index contributed by atoms with van der Waals surface area (Å²) in [5, 5.41) is 10.3. The molecular formula is C11H17BrClNO3S2. The molecule has 110 valence electrons. The highest BCUT2D eigenvalue weighted by molar-refractivity contribution is 9.11. The molecule has 0 saturated heterocycles. The molecule has 1 rings (SSSR count). The predicted molar refractivity (Wildman–Crippen MR) is 82.3 cm³/mol. The molecule has 2 N–H and O–H groups in total. The number of aliphatic hydroxyl groups excluding tert-OH is 1. The summed E-state index contributed by atoms with van der Waals surface area (Å²) in [6.45, 7) is 3.96. The summed E-state index contributed by atoms with van der Waals surface area (Å²) in [4.78, 5) is 0. The Bertz CT molecular complexity index is 495. The smallest absolute Gasteiger partial charge is 0.250 e. The first-order valence-corrected chi connectivity index (χ1v) is 9.41. The monoisotopic (exact) mass is 389 g/mol. The van der Waals surface area contributed by atoms with E-state index in [9.17, 15) is 13.5 Å². The van der Waals surface area contributed by atoms with Crippen molar-refractivity contribution in [2.75, 3.05) is 6.54 Å². The van der Waals surface area contributed by atoms with E-state index in [4.69, 9.17) is 11.6 Å². The van der Waals surface area contributed by atoms with E-state index in [-0.39, 0.29) is 16.7 Å². The second-order valence-electron chi connectivity index (χ2n) is 4.18. The second kappa shape index (κ2) is 7.38. The zero-order chi connectivity index (χ0) is 14.6. The van der Waals surface area contributed by atoms with Gasteiger partial charge in [0.15, 0.2) is 0 Å². The van der Waals surface area contributed by atoms with Crippen LogP contribution in [0.3, 0.4) is 0 Å². The van der Waals surface area contributed by atoms with Crippen LogP contribution in [0.1, 0.15) is 26.7 Å². The van der Waals surface area contributed by atoms with Crippen molar-refractivity contribution in [3.8, 4) is 0 Å². The molecule has 0 saturated carbocycles. The maximum atomic E-state index is 12.0. The zero-order valence-electron chi connectivity index (χ0n) is 10.7. The van der Waals surface area contributed by atoms with Crippen LogP contribution in [0.4, 0.5) is 0 Å². The normalized spacial score (nSPS) is 14.0. The molecule has 0 bridgehead atoms. The van der Waals surface area contributed by atoms with Gasteiger partial charge in [-0.2, -0.15) is 0 Å². The summed E-state index contributed by atoms with van der Waals surface area (Å²) in [5.41, 5.74) is 0. The molecule has 0 radical (unpaired) electrons. The molecule has 0 aliphatic heterocycles. The highest BCUT2D eigenvalue weighted by atomic mass is 79.9. The Labute approximate surface area is 131 Å². The highest BCUT2D eigenvalue weighted by Gasteiger charge is 2.22. The Morgan fingerprint density at radius 1 is 1.47 bits per heavy atom. The van der Waals surface area contributed by atoms with Crippen molar-refractivity contribution in [3.05, 3.63) is 14.9 Å². The fourth-order valence-electron chi connectivity index (χ4n) is 1.72. The van der Waals surface area contributed by atoms with Gasteiger partial charge in [-0.25, -0.2) is 13.1 Å². The molecule has 0 fully saturated rings. The van der Waals surface area contributed by atoms with Crippen LogP contribution in [0.15, 0.2) is 14.1 Å². The molecule has 1 atom stereocenters. The quantitative estimate of drug-likeness (QED) is 0.751. The van der Waals surface area contributed by atoms with Crippen molar-refractivity contribution in [1.29, 1.82) is 0 Å². The van der Waals surface area contributed by atoms with Gasteiger partial charge in [-0.15, -0.1) is 11.3 Å². The number of hydrogen-bond acceptors (Lipinski definition) is 4. The van der Waals surface area contributed by atoms with E-state index in [2.05, 4.69) is 20.7 Å². The average Bonchev–Trinajstić information content (AvgIpc) is 2.70. The van der Waals surface area contributed by atoms with Crippen LogP contribution < -0.4 is 4.72 Å². The van der Waals surface area contributed by atoms with E-state index >= 15 is 0 Å². The zero-order valence-corrected chi connectivity index (χ0v) is 14.7. The van der Waals surface area contributed by atoms with Gasteiger partial charge in [-0.3, -0.25) is 0 Å². The molecular weight excluding hydrogens is 374 g/mol. The van der Waals surface area contributed by atoms with Crippen molar-refractivity contribution in [2.45, 2.75) is 37.0 Å².